The summed E-state index contributed by atoms with van der Waals surface area (Å²) in [5.74, 6) is 2.84. The van der Waals surface area contributed by atoms with Crippen LogP contribution in [-0.4, -0.2) is 43.5 Å². The average molecular weight is 419 g/mol. The largest absolute Gasteiger partial charge is 0.454 e. The summed E-state index contributed by atoms with van der Waals surface area (Å²) < 4.78 is 16.4. The minimum Gasteiger partial charge on any atom is -0.454 e. The van der Waals surface area contributed by atoms with Gasteiger partial charge in [-0.25, -0.2) is 4.79 Å². The lowest BCUT2D eigenvalue weighted by atomic mass is 9.98. The van der Waals surface area contributed by atoms with Gasteiger partial charge in [0.2, 0.25) is 6.79 Å². The number of likely N-dealkylation sites (tertiary alicyclic amines) is 1. The van der Waals surface area contributed by atoms with Crippen molar-refractivity contribution >= 4 is 17.5 Å². The lowest BCUT2D eigenvalue weighted by molar-refractivity contribution is 0.134. The predicted octanol–water partition coefficient (Wildman–Crippen LogP) is 4.01. The SMILES string of the molecule is Cc1cccc2c1N(C1CCN(C3=CCN3c3ccc4c(c3)OCO4)CC1)C(=O)OC2. The molecule has 4 aliphatic rings. The van der Waals surface area contributed by atoms with Gasteiger partial charge in [-0.15, -0.1) is 0 Å². The summed E-state index contributed by atoms with van der Waals surface area (Å²) in [6.45, 7) is 5.42. The molecule has 0 aromatic heterocycles. The number of amides is 1. The van der Waals surface area contributed by atoms with E-state index in [0.29, 0.717) is 6.61 Å². The van der Waals surface area contributed by atoms with E-state index >= 15 is 0 Å². The topological polar surface area (TPSA) is 54.5 Å². The zero-order chi connectivity index (χ0) is 20.9. The van der Waals surface area contributed by atoms with Gasteiger partial charge in [-0.3, -0.25) is 4.90 Å². The first-order valence-electron chi connectivity index (χ1n) is 10.9. The summed E-state index contributed by atoms with van der Waals surface area (Å²) in [7, 11) is 0. The van der Waals surface area contributed by atoms with Crippen LogP contribution in [0.3, 0.4) is 0 Å². The summed E-state index contributed by atoms with van der Waals surface area (Å²) in [5, 5.41) is 0. The van der Waals surface area contributed by atoms with Gasteiger partial charge in [0.1, 0.15) is 12.4 Å². The Morgan fingerprint density at radius 1 is 1.00 bits per heavy atom. The third-order valence-corrected chi connectivity index (χ3v) is 6.66. The summed E-state index contributed by atoms with van der Waals surface area (Å²) in [5.41, 5.74) is 4.39. The van der Waals surface area contributed by atoms with Gasteiger partial charge in [-0.05, 0) is 43.5 Å². The Kier molecular flexibility index (Phi) is 4.23. The maximum atomic E-state index is 12.7. The Morgan fingerprint density at radius 3 is 2.65 bits per heavy atom. The maximum Gasteiger partial charge on any atom is 0.414 e. The van der Waals surface area contributed by atoms with Crippen molar-refractivity contribution in [2.24, 2.45) is 0 Å². The molecule has 160 valence electrons. The van der Waals surface area contributed by atoms with Crippen molar-refractivity contribution in [2.75, 3.05) is 36.2 Å². The van der Waals surface area contributed by atoms with E-state index in [1.807, 2.05) is 23.1 Å². The Hall–Kier alpha value is -3.35. The van der Waals surface area contributed by atoms with Crippen molar-refractivity contribution in [3.05, 3.63) is 59.4 Å². The molecule has 0 aliphatic carbocycles. The number of aryl methyl sites for hydroxylation is 1. The van der Waals surface area contributed by atoms with E-state index in [9.17, 15) is 4.79 Å². The predicted molar refractivity (Wildman–Crippen MR) is 116 cm³/mol. The molecule has 1 saturated heterocycles. The fourth-order valence-corrected chi connectivity index (χ4v) is 5.02. The van der Waals surface area contributed by atoms with E-state index < -0.39 is 0 Å². The van der Waals surface area contributed by atoms with E-state index in [4.69, 9.17) is 14.2 Å². The molecule has 0 N–H and O–H groups in total. The van der Waals surface area contributed by atoms with Crippen LogP contribution in [0.15, 0.2) is 48.3 Å². The first-order valence-corrected chi connectivity index (χ1v) is 10.9. The molecule has 0 unspecified atom stereocenters. The first-order chi connectivity index (χ1) is 15.2. The van der Waals surface area contributed by atoms with E-state index in [-0.39, 0.29) is 18.9 Å². The molecule has 0 atom stereocenters. The number of hydrogen-bond donors (Lipinski definition) is 0. The summed E-state index contributed by atoms with van der Waals surface area (Å²) >= 11 is 0. The fourth-order valence-electron chi connectivity index (χ4n) is 5.02. The Bertz CT molecular complexity index is 1070. The van der Waals surface area contributed by atoms with Crippen LogP contribution in [0.4, 0.5) is 16.2 Å². The number of nitrogens with zero attached hydrogens (tertiary/aromatic N) is 3. The van der Waals surface area contributed by atoms with Crippen LogP contribution in [0.25, 0.3) is 0 Å². The number of anilines is 2. The molecular formula is C24H25N3O4. The number of ether oxygens (including phenoxy) is 3. The molecule has 2 aromatic rings. The Labute approximate surface area is 181 Å². The van der Waals surface area contributed by atoms with Crippen molar-refractivity contribution in [3.63, 3.8) is 0 Å². The normalized spacial score (nSPS) is 20.2. The molecule has 4 aliphatic heterocycles. The zero-order valence-electron chi connectivity index (χ0n) is 17.5. The Morgan fingerprint density at radius 2 is 1.84 bits per heavy atom. The second kappa shape index (κ2) is 7.11. The third kappa shape index (κ3) is 2.99. The molecule has 2 aromatic carbocycles. The van der Waals surface area contributed by atoms with Crippen molar-refractivity contribution in [2.45, 2.75) is 32.4 Å². The van der Waals surface area contributed by atoms with Crippen molar-refractivity contribution in [1.82, 2.24) is 4.90 Å². The number of para-hydroxylation sites is 1. The Balaban J connectivity index is 1.16. The van der Waals surface area contributed by atoms with Crippen LogP contribution in [0.2, 0.25) is 0 Å². The molecule has 7 nitrogen and oxygen atoms in total. The molecular weight excluding hydrogens is 394 g/mol. The number of benzene rings is 2. The van der Waals surface area contributed by atoms with Gasteiger partial charge >= 0.3 is 6.09 Å². The van der Waals surface area contributed by atoms with Gasteiger partial charge < -0.3 is 24.0 Å². The smallest absolute Gasteiger partial charge is 0.414 e. The molecule has 6 rings (SSSR count). The van der Waals surface area contributed by atoms with Crippen molar-refractivity contribution in [3.8, 4) is 11.5 Å². The van der Waals surface area contributed by atoms with Crippen LogP contribution >= 0.6 is 0 Å². The molecule has 0 spiro atoms. The van der Waals surface area contributed by atoms with Gasteiger partial charge in [-0.2, -0.15) is 0 Å². The van der Waals surface area contributed by atoms with E-state index in [0.717, 1.165) is 66.5 Å². The number of carbonyl (C=O) groups is 1. The van der Waals surface area contributed by atoms with Gasteiger partial charge in [0.15, 0.2) is 11.5 Å². The molecule has 0 radical (unpaired) electrons. The number of cyclic esters (lactones) is 1. The minimum atomic E-state index is -0.218. The maximum absolute atomic E-state index is 12.7. The second-order valence-electron chi connectivity index (χ2n) is 8.44. The molecule has 4 heterocycles. The van der Waals surface area contributed by atoms with Gasteiger partial charge in [0, 0.05) is 43.0 Å². The summed E-state index contributed by atoms with van der Waals surface area (Å²) in [6.07, 6.45) is 3.87. The van der Waals surface area contributed by atoms with E-state index in [2.05, 4.69) is 41.0 Å². The monoisotopic (exact) mass is 419 g/mol. The quantitative estimate of drug-likeness (QED) is 0.750. The number of piperidine rings is 1. The van der Waals surface area contributed by atoms with Gasteiger partial charge in [0.05, 0.1) is 5.69 Å². The molecule has 0 bridgehead atoms. The summed E-state index contributed by atoms with van der Waals surface area (Å²) in [6, 6.07) is 12.4. The highest BCUT2D eigenvalue weighted by atomic mass is 16.7. The highest BCUT2D eigenvalue weighted by molar-refractivity contribution is 5.92. The van der Waals surface area contributed by atoms with Crippen LogP contribution in [0, 0.1) is 6.92 Å². The third-order valence-electron chi connectivity index (χ3n) is 6.66. The highest BCUT2D eigenvalue weighted by Gasteiger charge is 2.37. The van der Waals surface area contributed by atoms with Crippen LogP contribution in [0.1, 0.15) is 24.0 Å². The van der Waals surface area contributed by atoms with Gasteiger partial charge in [-0.1, -0.05) is 18.2 Å². The standard InChI is InChI=1S/C24H25N3O4/c1-16-3-2-4-17-14-29-24(28)27(23(16)17)18-7-10-25(11-8-18)22-9-12-26(22)19-5-6-20-21(13-19)31-15-30-20/h2-6,9,13,18H,7-8,10-12,14-15H2,1H3. The number of rotatable bonds is 3. The molecule has 1 amide bonds. The van der Waals surface area contributed by atoms with Crippen LogP contribution in [-0.2, 0) is 11.3 Å². The highest BCUT2D eigenvalue weighted by Crippen LogP contribution is 2.39. The van der Waals surface area contributed by atoms with Crippen LogP contribution < -0.4 is 19.3 Å². The summed E-state index contributed by atoms with van der Waals surface area (Å²) in [4.78, 5) is 19.3. The molecule has 0 saturated carbocycles. The number of fused-ring (bicyclic) bond motifs is 2. The molecule has 1 fully saturated rings. The molecule has 31 heavy (non-hydrogen) atoms. The lowest BCUT2D eigenvalue weighted by Crippen LogP contribution is -2.52. The number of hydrogen-bond acceptors (Lipinski definition) is 6. The van der Waals surface area contributed by atoms with Crippen LogP contribution in [0.5, 0.6) is 11.5 Å². The van der Waals surface area contributed by atoms with E-state index in [1.165, 1.54) is 5.82 Å². The second-order valence-corrected chi connectivity index (χ2v) is 8.44. The average Bonchev–Trinajstić information content (AvgIpc) is 3.22. The zero-order valence-corrected chi connectivity index (χ0v) is 17.5. The fraction of sp³-hybridized carbons (Fsp3) is 0.375. The number of carbonyl (C=O) groups excluding carboxylic acids is 1. The van der Waals surface area contributed by atoms with Crippen molar-refractivity contribution in [1.29, 1.82) is 0 Å². The molecule has 7 heteroatoms. The van der Waals surface area contributed by atoms with E-state index in [1.54, 1.807) is 0 Å². The lowest BCUT2D eigenvalue weighted by Gasteiger charge is -2.46. The van der Waals surface area contributed by atoms with Crippen molar-refractivity contribution < 1.29 is 19.0 Å². The van der Waals surface area contributed by atoms with Gasteiger partial charge in [0.25, 0.3) is 0 Å². The minimum absolute atomic E-state index is 0.156. The first kappa shape index (κ1) is 18.4.